The van der Waals surface area contributed by atoms with E-state index in [1.807, 2.05) is 30.3 Å². The zero-order valence-corrected chi connectivity index (χ0v) is 12.3. The van der Waals surface area contributed by atoms with Gasteiger partial charge in [0.15, 0.2) is 0 Å². The zero-order valence-electron chi connectivity index (χ0n) is 10.7. The van der Waals surface area contributed by atoms with Crippen LogP contribution in [0.1, 0.15) is 38.5 Å². The Hall–Kier alpha value is -0.830. The van der Waals surface area contributed by atoms with Crippen molar-refractivity contribution >= 4 is 21.7 Å². The molecule has 18 heavy (non-hydrogen) atoms. The Kier molecular flexibility index (Phi) is 8.57. The van der Waals surface area contributed by atoms with Crippen LogP contribution in [0.2, 0.25) is 0 Å². The number of ketones is 1. The van der Waals surface area contributed by atoms with Gasteiger partial charge in [-0.05, 0) is 25.0 Å². The molecule has 3 heteroatoms. The summed E-state index contributed by atoms with van der Waals surface area (Å²) in [5, 5.41) is 0.498. The highest BCUT2D eigenvalue weighted by atomic mass is 79.9. The molecule has 0 bridgehead atoms. The molecule has 0 atom stereocenters. The van der Waals surface area contributed by atoms with E-state index in [1.54, 1.807) is 0 Å². The van der Waals surface area contributed by atoms with Gasteiger partial charge in [0.05, 0.1) is 11.9 Å². The molecule has 0 fully saturated rings. The van der Waals surface area contributed by atoms with Crippen molar-refractivity contribution in [3.63, 3.8) is 0 Å². The van der Waals surface area contributed by atoms with Crippen molar-refractivity contribution in [2.45, 2.75) is 38.5 Å². The first-order valence-electron chi connectivity index (χ1n) is 6.58. The van der Waals surface area contributed by atoms with Gasteiger partial charge in [-0.1, -0.05) is 53.4 Å². The highest BCUT2D eigenvalue weighted by Crippen LogP contribution is 2.10. The number of halogens is 1. The van der Waals surface area contributed by atoms with Gasteiger partial charge in [0, 0.05) is 6.42 Å². The van der Waals surface area contributed by atoms with Crippen LogP contribution in [0.3, 0.4) is 0 Å². The molecule has 0 spiro atoms. The van der Waals surface area contributed by atoms with Crippen molar-refractivity contribution < 1.29 is 9.53 Å². The van der Waals surface area contributed by atoms with Crippen molar-refractivity contribution in [2.24, 2.45) is 0 Å². The van der Waals surface area contributed by atoms with Gasteiger partial charge < -0.3 is 4.74 Å². The first-order valence-corrected chi connectivity index (χ1v) is 7.70. The largest absolute Gasteiger partial charge is 0.494 e. The number of ether oxygens (including phenoxy) is 1. The summed E-state index contributed by atoms with van der Waals surface area (Å²) >= 11 is 3.17. The summed E-state index contributed by atoms with van der Waals surface area (Å²) in [5.41, 5.74) is 0. The first kappa shape index (κ1) is 15.2. The number of carbonyl (C=O) groups excluding carboxylic acids is 1. The lowest BCUT2D eigenvalue weighted by Crippen LogP contribution is -1.99. The first-order chi connectivity index (χ1) is 8.83. The van der Waals surface area contributed by atoms with Crippen LogP contribution in [0.15, 0.2) is 30.3 Å². The molecule has 1 rings (SSSR count). The molecule has 0 unspecified atom stereocenters. The minimum absolute atomic E-state index is 0.308. The van der Waals surface area contributed by atoms with Gasteiger partial charge >= 0.3 is 0 Å². The van der Waals surface area contributed by atoms with Crippen LogP contribution in [0.4, 0.5) is 0 Å². The number of hydrogen-bond acceptors (Lipinski definition) is 2. The average Bonchev–Trinajstić information content (AvgIpc) is 2.42. The second-order valence-corrected chi connectivity index (χ2v) is 4.91. The number of benzene rings is 1. The van der Waals surface area contributed by atoms with Gasteiger partial charge in [-0.25, -0.2) is 0 Å². The van der Waals surface area contributed by atoms with Gasteiger partial charge in [-0.15, -0.1) is 0 Å². The smallest absolute Gasteiger partial charge is 0.143 e. The Morgan fingerprint density at radius 2 is 1.67 bits per heavy atom. The summed E-state index contributed by atoms with van der Waals surface area (Å²) in [6.07, 6.45) is 6.32. The maximum Gasteiger partial charge on any atom is 0.143 e. The lowest BCUT2D eigenvalue weighted by molar-refractivity contribution is -0.116. The van der Waals surface area contributed by atoms with E-state index >= 15 is 0 Å². The van der Waals surface area contributed by atoms with E-state index in [9.17, 15) is 4.79 Å². The Bertz CT molecular complexity index is 325. The fourth-order valence-electron chi connectivity index (χ4n) is 1.73. The molecule has 0 saturated carbocycles. The summed E-state index contributed by atoms with van der Waals surface area (Å²) in [7, 11) is 0. The lowest BCUT2D eigenvalue weighted by Gasteiger charge is -2.05. The summed E-state index contributed by atoms with van der Waals surface area (Å²) in [6.45, 7) is 0.782. The molecule has 0 aliphatic heterocycles. The number of carbonyl (C=O) groups is 1. The monoisotopic (exact) mass is 312 g/mol. The quantitative estimate of drug-likeness (QED) is 0.473. The molecule has 0 radical (unpaired) electrons. The number of rotatable bonds is 10. The molecule has 100 valence electrons. The van der Waals surface area contributed by atoms with Crippen molar-refractivity contribution in [3.05, 3.63) is 30.3 Å². The molecule has 0 aliphatic carbocycles. The summed E-state index contributed by atoms with van der Waals surface area (Å²) in [6, 6.07) is 9.91. The van der Waals surface area contributed by atoms with Crippen molar-refractivity contribution in [1.29, 1.82) is 0 Å². The Balaban J connectivity index is 1.89. The van der Waals surface area contributed by atoms with Crippen LogP contribution in [0.25, 0.3) is 0 Å². The van der Waals surface area contributed by atoms with Gasteiger partial charge in [-0.2, -0.15) is 0 Å². The fourth-order valence-corrected chi connectivity index (χ4v) is 2.01. The molecule has 0 amide bonds. The minimum Gasteiger partial charge on any atom is -0.494 e. The van der Waals surface area contributed by atoms with Gasteiger partial charge in [0.2, 0.25) is 0 Å². The van der Waals surface area contributed by atoms with Crippen LogP contribution < -0.4 is 4.74 Å². The number of hydrogen-bond donors (Lipinski definition) is 0. The van der Waals surface area contributed by atoms with Crippen LogP contribution >= 0.6 is 15.9 Å². The molecule has 1 aromatic rings. The number of Topliss-reactive ketones (excluding diaryl/α,β-unsaturated/α-hetero) is 1. The van der Waals surface area contributed by atoms with E-state index in [4.69, 9.17) is 4.74 Å². The van der Waals surface area contributed by atoms with E-state index in [0.717, 1.165) is 31.6 Å². The van der Waals surface area contributed by atoms with E-state index < -0.39 is 0 Å². The zero-order chi connectivity index (χ0) is 13.1. The van der Waals surface area contributed by atoms with Gasteiger partial charge in [0.1, 0.15) is 11.5 Å². The maximum atomic E-state index is 11.0. The molecule has 0 heterocycles. The number of unbranched alkanes of at least 4 members (excludes halogenated alkanes) is 4. The maximum absolute atomic E-state index is 11.0. The van der Waals surface area contributed by atoms with Crippen molar-refractivity contribution in [3.8, 4) is 5.75 Å². The molecule has 0 N–H and O–H groups in total. The topological polar surface area (TPSA) is 26.3 Å². The van der Waals surface area contributed by atoms with E-state index in [1.165, 1.54) is 12.8 Å². The molecule has 1 aromatic carbocycles. The van der Waals surface area contributed by atoms with Crippen molar-refractivity contribution in [1.82, 2.24) is 0 Å². The van der Waals surface area contributed by atoms with Crippen LogP contribution in [0.5, 0.6) is 5.75 Å². The molecular formula is C15H21BrO2. The standard InChI is InChI=1S/C15H21BrO2/c16-13-14(17)9-5-2-1-3-8-12-18-15-10-6-4-7-11-15/h4,6-7,10-11H,1-3,5,8-9,12-13H2. The Morgan fingerprint density at radius 3 is 2.39 bits per heavy atom. The van der Waals surface area contributed by atoms with Gasteiger partial charge in [-0.3, -0.25) is 4.79 Å². The molecular weight excluding hydrogens is 292 g/mol. The highest BCUT2D eigenvalue weighted by molar-refractivity contribution is 9.09. The highest BCUT2D eigenvalue weighted by Gasteiger charge is 1.98. The lowest BCUT2D eigenvalue weighted by atomic mass is 10.1. The van der Waals surface area contributed by atoms with Crippen LogP contribution in [-0.2, 0) is 4.79 Å². The third kappa shape index (κ3) is 7.49. The molecule has 2 nitrogen and oxygen atoms in total. The second-order valence-electron chi connectivity index (χ2n) is 4.35. The van der Waals surface area contributed by atoms with Crippen molar-refractivity contribution in [2.75, 3.05) is 11.9 Å². The summed E-state index contributed by atoms with van der Waals surface area (Å²) < 4.78 is 5.61. The number of para-hydroxylation sites is 1. The summed E-state index contributed by atoms with van der Waals surface area (Å²) in [5.74, 6) is 1.25. The minimum atomic E-state index is 0.308. The van der Waals surface area contributed by atoms with Crippen LogP contribution in [0, 0.1) is 0 Å². The molecule has 0 aromatic heterocycles. The Labute approximate surface area is 118 Å². The second kappa shape index (κ2) is 10.1. The third-order valence-corrected chi connectivity index (χ3v) is 3.39. The summed E-state index contributed by atoms with van der Waals surface area (Å²) in [4.78, 5) is 11.0. The SMILES string of the molecule is O=C(CBr)CCCCCCCOc1ccccc1. The molecule has 0 aliphatic rings. The van der Waals surface area contributed by atoms with E-state index in [-0.39, 0.29) is 0 Å². The average molecular weight is 313 g/mol. The van der Waals surface area contributed by atoms with Crippen LogP contribution in [-0.4, -0.2) is 17.7 Å². The third-order valence-electron chi connectivity index (χ3n) is 2.76. The number of alkyl halides is 1. The van der Waals surface area contributed by atoms with E-state index in [0.29, 0.717) is 17.5 Å². The normalized spacial score (nSPS) is 10.3. The van der Waals surface area contributed by atoms with Gasteiger partial charge in [0.25, 0.3) is 0 Å². The fraction of sp³-hybridized carbons (Fsp3) is 0.533. The predicted octanol–water partition coefficient (Wildman–Crippen LogP) is 4.37. The Morgan fingerprint density at radius 1 is 1.00 bits per heavy atom. The predicted molar refractivity (Wildman–Crippen MR) is 78.4 cm³/mol. The molecule has 0 saturated heterocycles. The van der Waals surface area contributed by atoms with E-state index in [2.05, 4.69) is 15.9 Å².